The van der Waals surface area contributed by atoms with E-state index in [0.717, 1.165) is 0 Å². The lowest BCUT2D eigenvalue weighted by molar-refractivity contribution is 0.0562. The molecule has 7 heteroatoms. The third-order valence-corrected chi connectivity index (χ3v) is 2.43. The number of aromatic nitrogens is 2. The molecule has 0 amide bonds. The highest BCUT2D eigenvalue weighted by molar-refractivity contribution is 6.44. The van der Waals surface area contributed by atoms with Crippen LogP contribution >= 0.6 is 0 Å². The molecule has 1 aromatic heterocycles. The summed E-state index contributed by atoms with van der Waals surface area (Å²) in [5.74, 6) is -0.342. The molecule has 76 valence electrons. The SMILES string of the molecule is OB(O)[C@H]1C[C@@H]1c1ccn(C(F)F)n1. The van der Waals surface area contributed by atoms with E-state index in [9.17, 15) is 8.78 Å². The van der Waals surface area contributed by atoms with E-state index in [1.165, 1.54) is 12.3 Å². The van der Waals surface area contributed by atoms with Crippen LogP contribution in [0.3, 0.4) is 0 Å². The Morgan fingerprint density at radius 1 is 1.57 bits per heavy atom. The van der Waals surface area contributed by atoms with Crippen molar-refractivity contribution in [2.75, 3.05) is 0 Å². The maximum absolute atomic E-state index is 12.1. The second-order valence-corrected chi connectivity index (χ2v) is 3.42. The van der Waals surface area contributed by atoms with Crippen molar-refractivity contribution in [3.63, 3.8) is 0 Å². The van der Waals surface area contributed by atoms with Gasteiger partial charge >= 0.3 is 13.7 Å². The molecule has 0 spiro atoms. The van der Waals surface area contributed by atoms with Gasteiger partial charge in [0.25, 0.3) is 0 Å². The minimum absolute atomic E-state index is 0.0880. The number of alkyl halides is 2. The number of hydrogen-bond acceptors (Lipinski definition) is 3. The zero-order valence-electron chi connectivity index (χ0n) is 7.22. The molecular weight excluding hydrogens is 193 g/mol. The van der Waals surface area contributed by atoms with Crippen LogP contribution in [0, 0.1) is 0 Å². The first-order chi connectivity index (χ1) is 6.59. The maximum Gasteiger partial charge on any atom is 0.455 e. The number of nitrogens with zero attached hydrogens (tertiary/aromatic N) is 2. The van der Waals surface area contributed by atoms with Crippen molar-refractivity contribution in [2.24, 2.45) is 0 Å². The quantitative estimate of drug-likeness (QED) is 0.705. The Morgan fingerprint density at radius 3 is 2.71 bits per heavy atom. The molecule has 0 saturated heterocycles. The van der Waals surface area contributed by atoms with E-state index in [-0.39, 0.29) is 11.7 Å². The third kappa shape index (κ3) is 1.65. The Bertz CT molecular complexity index is 331. The van der Waals surface area contributed by atoms with Crippen molar-refractivity contribution in [1.29, 1.82) is 0 Å². The largest absolute Gasteiger partial charge is 0.455 e. The summed E-state index contributed by atoms with van der Waals surface area (Å²) in [6.45, 7) is -2.64. The fourth-order valence-corrected chi connectivity index (χ4v) is 1.54. The van der Waals surface area contributed by atoms with E-state index in [1.54, 1.807) is 0 Å². The molecule has 0 aliphatic heterocycles. The summed E-state index contributed by atoms with van der Waals surface area (Å²) >= 11 is 0. The van der Waals surface area contributed by atoms with E-state index < -0.39 is 13.7 Å². The van der Waals surface area contributed by atoms with Crippen LogP contribution in [0.25, 0.3) is 0 Å². The lowest BCUT2D eigenvalue weighted by atomic mass is 9.82. The highest BCUT2D eigenvalue weighted by Crippen LogP contribution is 2.53. The van der Waals surface area contributed by atoms with E-state index in [4.69, 9.17) is 10.0 Å². The van der Waals surface area contributed by atoms with Gasteiger partial charge in [-0.3, -0.25) is 0 Å². The van der Waals surface area contributed by atoms with E-state index in [2.05, 4.69) is 5.10 Å². The lowest BCUT2D eigenvalue weighted by Gasteiger charge is -1.97. The molecule has 1 aliphatic rings. The molecule has 1 saturated carbocycles. The summed E-state index contributed by atoms with van der Waals surface area (Å²) in [5, 5.41) is 21.3. The standard InChI is InChI=1S/C7H9BF2N2O2/c9-7(10)12-2-1-6(11-12)4-3-5(4)8(13)14/h1-2,4-5,7,13-14H,3H2/t4-,5-/m0/s1. The minimum atomic E-state index is -2.64. The van der Waals surface area contributed by atoms with Gasteiger partial charge in [0.15, 0.2) is 0 Å². The molecule has 2 N–H and O–H groups in total. The van der Waals surface area contributed by atoms with Gasteiger partial charge in [-0.15, -0.1) is 0 Å². The number of halogens is 2. The second-order valence-electron chi connectivity index (χ2n) is 3.42. The van der Waals surface area contributed by atoms with Gasteiger partial charge in [-0.05, 0) is 12.5 Å². The summed E-state index contributed by atoms with van der Waals surface area (Å²) in [7, 11) is -1.38. The van der Waals surface area contributed by atoms with Gasteiger partial charge in [0.2, 0.25) is 0 Å². The highest BCUT2D eigenvalue weighted by atomic mass is 19.3. The molecule has 1 fully saturated rings. The number of rotatable bonds is 3. The van der Waals surface area contributed by atoms with Crippen molar-refractivity contribution in [3.05, 3.63) is 18.0 Å². The predicted molar refractivity (Wildman–Crippen MR) is 44.8 cm³/mol. The summed E-state index contributed by atoms with van der Waals surface area (Å²) in [5.41, 5.74) is 0.503. The smallest absolute Gasteiger partial charge is 0.427 e. The van der Waals surface area contributed by atoms with Crippen molar-refractivity contribution in [2.45, 2.75) is 24.7 Å². The van der Waals surface area contributed by atoms with Crippen molar-refractivity contribution in [1.82, 2.24) is 9.78 Å². The summed E-state index contributed by atoms with van der Waals surface area (Å²) in [6, 6.07) is 1.49. The normalized spacial score (nSPS) is 25.5. The zero-order chi connectivity index (χ0) is 10.3. The fourth-order valence-electron chi connectivity index (χ4n) is 1.54. The van der Waals surface area contributed by atoms with E-state index >= 15 is 0 Å². The fraction of sp³-hybridized carbons (Fsp3) is 0.571. The molecular formula is C7H9BF2N2O2. The molecule has 0 unspecified atom stereocenters. The Balaban J connectivity index is 2.05. The van der Waals surface area contributed by atoms with Crippen molar-refractivity contribution >= 4 is 7.12 Å². The Kier molecular flexibility index (Phi) is 2.28. The molecule has 2 rings (SSSR count). The monoisotopic (exact) mass is 202 g/mol. The van der Waals surface area contributed by atoms with Gasteiger partial charge in [-0.1, -0.05) is 0 Å². The van der Waals surface area contributed by atoms with Gasteiger partial charge in [-0.25, -0.2) is 4.68 Å². The molecule has 0 aromatic carbocycles. The van der Waals surface area contributed by atoms with Crippen LogP contribution in [0.2, 0.25) is 5.82 Å². The van der Waals surface area contributed by atoms with Crippen LogP contribution < -0.4 is 0 Å². The molecule has 4 nitrogen and oxygen atoms in total. The topological polar surface area (TPSA) is 58.3 Å². The molecule has 1 aliphatic carbocycles. The minimum Gasteiger partial charge on any atom is -0.427 e. The first kappa shape index (κ1) is 9.60. The molecule has 0 bridgehead atoms. The van der Waals surface area contributed by atoms with Crippen LogP contribution in [0.4, 0.5) is 8.78 Å². The first-order valence-electron chi connectivity index (χ1n) is 4.29. The molecule has 14 heavy (non-hydrogen) atoms. The highest BCUT2D eigenvalue weighted by Gasteiger charge is 2.47. The zero-order valence-corrected chi connectivity index (χ0v) is 7.22. The molecule has 1 aromatic rings. The summed E-state index contributed by atoms with van der Waals surface area (Å²) in [4.78, 5) is 0. The molecule has 2 atom stereocenters. The Hall–Kier alpha value is -0.945. The first-order valence-corrected chi connectivity index (χ1v) is 4.29. The molecule has 0 radical (unpaired) electrons. The van der Waals surface area contributed by atoms with Crippen molar-refractivity contribution in [3.8, 4) is 0 Å². The second kappa shape index (κ2) is 3.32. The van der Waals surface area contributed by atoms with Gasteiger partial charge in [-0.2, -0.15) is 13.9 Å². The van der Waals surface area contributed by atoms with Crippen LogP contribution in [-0.2, 0) is 0 Å². The van der Waals surface area contributed by atoms with Gasteiger partial charge < -0.3 is 10.0 Å². The van der Waals surface area contributed by atoms with Crippen LogP contribution in [0.1, 0.15) is 24.6 Å². The third-order valence-electron chi connectivity index (χ3n) is 2.43. The van der Waals surface area contributed by atoms with Gasteiger partial charge in [0, 0.05) is 17.9 Å². The predicted octanol–water partition coefficient (Wildman–Crippen LogP) is 0.609. The Morgan fingerprint density at radius 2 is 2.29 bits per heavy atom. The van der Waals surface area contributed by atoms with Crippen LogP contribution in [0.5, 0.6) is 0 Å². The average Bonchev–Trinajstić information content (AvgIpc) is 2.76. The van der Waals surface area contributed by atoms with E-state index in [1.807, 2.05) is 0 Å². The van der Waals surface area contributed by atoms with Crippen LogP contribution in [-0.4, -0.2) is 26.9 Å². The summed E-state index contributed by atoms with van der Waals surface area (Å²) in [6.07, 6.45) is 1.79. The van der Waals surface area contributed by atoms with Crippen LogP contribution in [0.15, 0.2) is 12.3 Å². The van der Waals surface area contributed by atoms with Gasteiger partial charge in [0.1, 0.15) is 0 Å². The summed E-state index contributed by atoms with van der Waals surface area (Å²) < 4.78 is 24.8. The lowest BCUT2D eigenvalue weighted by Crippen LogP contribution is -2.11. The van der Waals surface area contributed by atoms with Crippen molar-refractivity contribution < 1.29 is 18.8 Å². The maximum atomic E-state index is 12.1. The van der Waals surface area contributed by atoms with E-state index in [0.29, 0.717) is 16.8 Å². The molecule has 1 heterocycles. The number of hydrogen-bond donors (Lipinski definition) is 2. The Labute approximate surface area is 79.3 Å². The van der Waals surface area contributed by atoms with Gasteiger partial charge in [0.05, 0.1) is 5.69 Å². The average molecular weight is 202 g/mol.